The molecule has 1 aliphatic heterocycles. The molecule has 1 aromatic rings. The van der Waals surface area contributed by atoms with Gasteiger partial charge in [-0.2, -0.15) is 0 Å². The van der Waals surface area contributed by atoms with Gasteiger partial charge in [0.25, 0.3) is 0 Å². The van der Waals surface area contributed by atoms with Crippen molar-refractivity contribution in [1.82, 2.24) is 0 Å². The molecule has 2 unspecified atom stereocenters. The lowest BCUT2D eigenvalue weighted by Crippen LogP contribution is -2.58. The van der Waals surface area contributed by atoms with E-state index < -0.39 is 17.7 Å². The molecular formula is C14H18Cl3NO2. The molecular weight excluding hydrogens is 321 g/mol. The predicted octanol–water partition coefficient (Wildman–Crippen LogP) is 3.87. The molecule has 0 amide bonds. The lowest BCUT2D eigenvalue weighted by atomic mass is 9.74. The van der Waals surface area contributed by atoms with E-state index in [9.17, 15) is 5.11 Å². The molecule has 112 valence electrons. The maximum atomic E-state index is 10.5. The number of halogens is 3. The average Bonchev–Trinajstić information content (AvgIpc) is 2.39. The fourth-order valence-electron chi connectivity index (χ4n) is 3.25. The summed E-state index contributed by atoms with van der Waals surface area (Å²) in [6.45, 7) is 0. The predicted molar refractivity (Wildman–Crippen MR) is 83.1 cm³/mol. The quantitative estimate of drug-likeness (QED) is 0.755. The van der Waals surface area contributed by atoms with Crippen LogP contribution in [0.3, 0.4) is 0 Å². The lowest BCUT2D eigenvalue weighted by molar-refractivity contribution is -0.0580. The van der Waals surface area contributed by atoms with Crippen LogP contribution in [0.2, 0.25) is 10.0 Å². The van der Waals surface area contributed by atoms with Gasteiger partial charge >= 0.3 is 0 Å². The summed E-state index contributed by atoms with van der Waals surface area (Å²) in [5.74, 6) is 0.544. The van der Waals surface area contributed by atoms with Gasteiger partial charge in [0, 0.05) is 10.6 Å². The van der Waals surface area contributed by atoms with E-state index in [1.165, 1.54) is 6.42 Å². The molecule has 3 N–H and O–H groups in total. The minimum atomic E-state index is -0.780. The topological polar surface area (TPSA) is 55.5 Å². The van der Waals surface area contributed by atoms with E-state index in [4.69, 9.17) is 33.7 Å². The Morgan fingerprint density at radius 1 is 1.20 bits per heavy atom. The van der Waals surface area contributed by atoms with E-state index in [1.807, 2.05) is 0 Å². The summed E-state index contributed by atoms with van der Waals surface area (Å²) in [6, 6.07) is 2.89. The molecule has 3 rings (SSSR count). The number of benzene rings is 1. The third-order valence-electron chi connectivity index (χ3n) is 4.31. The van der Waals surface area contributed by atoms with Gasteiger partial charge < -0.3 is 15.6 Å². The Balaban J connectivity index is 0.00000147. The van der Waals surface area contributed by atoms with E-state index in [0.717, 1.165) is 25.7 Å². The van der Waals surface area contributed by atoms with Crippen LogP contribution in [0.1, 0.15) is 43.8 Å². The van der Waals surface area contributed by atoms with Crippen molar-refractivity contribution in [2.24, 2.45) is 5.73 Å². The molecule has 1 fully saturated rings. The normalized spacial score (nSPS) is 27.4. The molecule has 20 heavy (non-hydrogen) atoms. The van der Waals surface area contributed by atoms with Crippen LogP contribution in [0.15, 0.2) is 12.1 Å². The zero-order valence-electron chi connectivity index (χ0n) is 10.9. The van der Waals surface area contributed by atoms with Gasteiger partial charge in [0.2, 0.25) is 0 Å². The number of hydrogen-bond donors (Lipinski definition) is 2. The molecule has 0 bridgehead atoms. The van der Waals surface area contributed by atoms with Gasteiger partial charge in [-0.05, 0) is 37.8 Å². The first-order valence-corrected chi connectivity index (χ1v) is 7.41. The average molecular weight is 339 g/mol. The Bertz CT molecular complexity index is 503. The monoisotopic (exact) mass is 337 g/mol. The Morgan fingerprint density at radius 2 is 1.85 bits per heavy atom. The molecule has 6 heteroatoms. The van der Waals surface area contributed by atoms with Crippen LogP contribution in [0.4, 0.5) is 0 Å². The molecule has 1 aliphatic carbocycles. The standard InChI is InChI=1S/C14H17Cl2NO2.ClH/c15-8-6-9-11(18)13(17)14(4-2-1-3-5-14)19-12(9)10(16)7-8;/h6-7,11,13,18H,1-5,17H2;1H. The number of hydrogen-bond acceptors (Lipinski definition) is 3. The van der Waals surface area contributed by atoms with E-state index >= 15 is 0 Å². The summed E-state index contributed by atoms with van der Waals surface area (Å²) in [6.07, 6.45) is 4.28. The molecule has 3 nitrogen and oxygen atoms in total. The highest BCUT2D eigenvalue weighted by molar-refractivity contribution is 6.35. The Hall–Kier alpha value is -0.190. The molecule has 2 aliphatic rings. The second-order valence-electron chi connectivity index (χ2n) is 5.50. The van der Waals surface area contributed by atoms with Crippen molar-refractivity contribution in [3.63, 3.8) is 0 Å². The van der Waals surface area contributed by atoms with Crippen LogP contribution in [-0.2, 0) is 0 Å². The van der Waals surface area contributed by atoms with Gasteiger partial charge in [-0.3, -0.25) is 0 Å². The fourth-order valence-corrected chi connectivity index (χ4v) is 3.79. The summed E-state index contributed by atoms with van der Waals surface area (Å²) < 4.78 is 6.15. The molecule has 1 heterocycles. The zero-order valence-corrected chi connectivity index (χ0v) is 13.3. The van der Waals surface area contributed by atoms with Crippen molar-refractivity contribution >= 4 is 35.6 Å². The molecule has 0 radical (unpaired) electrons. The first-order valence-electron chi connectivity index (χ1n) is 6.65. The minimum absolute atomic E-state index is 0. The molecule has 0 saturated heterocycles. The Kier molecular flexibility index (Phi) is 4.77. The van der Waals surface area contributed by atoms with Crippen LogP contribution < -0.4 is 10.5 Å². The van der Waals surface area contributed by atoms with E-state index in [-0.39, 0.29) is 12.4 Å². The number of aliphatic hydroxyl groups excluding tert-OH is 1. The number of ether oxygens (including phenoxy) is 1. The van der Waals surface area contributed by atoms with E-state index in [2.05, 4.69) is 0 Å². The maximum Gasteiger partial charge on any atom is 0.144 e. The smallest absolute Gasteiger partial charge is 0.144 e. The second kappa shape index (κ2) is 5.90. The largest absolute Gasteiger partial charge is 0.484 e. The number of rotatable bonds is 0. The third-order valence-corrected chi connectivity index (χ3v) is 4.81. The summed E-state index contributed by atoms with van der Waals surface area (Å²) >= 11 is 12.2. The van der Waals surface area contributed by atoms with Crippen molar-refractivity contribution < 1.29 is 9.84 Å². The molecule has 1 saturated carbocycles. The number of fused-ring (bicyclic) bond motifs is 1. The zero-order chi connectivity index (χ0) is 13.6. The third kappa shape index (κ3) is 2.51. The molecule has 1 spiro atoms. The van der Waals surface area contributed by atoms with Gasteiger partial charge in [0.1, 0.15) is 17.5 Å². The SMILES string of the molecule is Cl.NC1C(O)c2cc(Cl)cc(Cl)c2OC12CCCCC2. The van der Waals surface area contributed by atoms with Crippen molar-refractivity contribution in [1.29, 1.82) is 0 Å². The van der Waals surface area contributed by atoms with Crippen LogP contribution >= 0.6 is 35.6 Å². The van der Waals surface area contributed by atoms with Crippen LogP contribution in [0.25, 0.3) is 0 Å². The summed E-state index contributed by atoms with van der Waals surface area (Å²) in [5, 5.41) is 11.4. The summed E-state index contributed by atoms with van der Waals surface area (Å²) in [7, 11) is 0. The van der Waals surface area contributed by atoms with Crippen molar-refractivity contribution in [3.8, 4) is 5.75 Å². The number of aliphatic hydroxyl groups is 1. The minimum Gasteiger partial charge on any atom is -0.484 e. The van der Waals surface area contributed by atoms with Crippen LogP contribution in [0.5, 0.6) is 5.75 Å². The van der Waals surface area contributed by atoms with E-state index in [1.54, 1.807) is 12.1 Å². The first kappa shape index (κ1) is 16.2. The molecule has 2 atom stereocenters. The lowest BCUT2D eigenvalue weighted by Gasteiger charge is -2.47. The van der Waals surface area contributed by atoms with Gasteiger partial charge in [-0.1, -0.05) is 29.6 Å². The van der Waals surface area contributed by atoms with Gasteiger partial charge in [-0.25, -0.2) is 0 Å². The number of nitrogens with two attached hydrogens (primary N) is 1. The van der Waals surface area contributed by atoms with Crippen molar-refractivity contribution in [2.45, 2.75) is 49.9 Å². The van der Waals surface area contributed by atoms with Crippen molar-refractivity contribution in [3.05, 3.63) is 27.7 Å². The molecule has 0 aromatic heterocycles. The van der Waals surface area contributed by atoms with E-state index in [0.29, 0.717) is 21.4 Å². The van der Waals surface area contributed by atoms with Gasteiger partial charge in [0.15, 0.2) is 0 Å². The fraction of sp³-hybridized carbons (Fsp3) is 0.571. The van der Waals surface area contributed by atoms with Crippen LogP contribution in [0, 0.1) is 0 Å². The Morgan fingerprint density at radius 3 is 2.50 bits per heavy atom. The maximum absolute atomic E-state index is 10.5. The molecule has 1 aromatic carbocycles. The van der Waals surface area contributed by atoms with Crippen LogP contribution in [-0.4, -0.2) is 16.7 Å². The highest BCUT2D eigenvalue weighted by Gasteiger charge is 2.48. The first-order chi connectivity index (χ1) is 9.03. The van der Waals surface area contributed by atoms with Crippen molar-refractivity contribution in [2.75, 3.05) is 0 Å². The Labute approximate surface area is 134 Å². The van der Waals surface area contributed by atoms with Gasteiger partial charge in [-0.15, -0.1) is 12.4 Å². The highest BCUT2D eigenvalue weighted by atomic mass is 35.5. The second-order valence-corrected chi connectivity index (χ2v) is 6.35. The van der Waals surface area contributed by atoms with Gasteiger partial charge in [0.05, 0.1) is 11.1 Å². The summed E-state index contributed by atoms with van der Waals surface area (Å²) in [4.78, 5) is 0. The highest BCUT2D eigenvalue weighted by Crippen LogP contribution is 2.48. The summed E-state index contributed by atoms with van der Waals surface area (Å²) in [5.41, 5.74) is 6.36.